The van der Waals surface area contributed by atoms with Gasteiger partial charge in [-0.3, -0.25) is 8.98 Å². The Morgan fingerprint density at radius 1 is 0.741 bits per heavy atom. The van der Waals surface area contributed by atoms with E-state index in [9.17, 15) is 13.2 Å². The Morgan fingerprint density at radius 2 is 1.33 bits per heavy atom. The van der Waals surface area contributed by atoms with E-state index in [1.165, 1.54) is 12.1 Å². The topological polar surface area (TPSA) is 88.1 Å². The Morgan fingerprint density at radius 3 is 1.96 bits per heavy atom. The molecule has 0 spiro atoms. The maximum Gasteiger partial charge on any atom is 0.297 e. The van der Waals surface area contributed by atoms with Crippen LogP contribution in [0.5, 0.6) is 5.75 Å². The smallest absolute Gasteiger partial charge is 0.297 e. The zero-order chi connectivity index (χ0) is 19.4. The first-order chi connectivity index (χ1) is 13.1. The van der Waals surface area contributed by atoms with Crippen molar-refractivity contribution in [2.75, 3.05) is 39.6 Å². The molecule has 0 atom stereocenters. The third-order valence-corrected chi connectivity index (χ3v) is 4.71. The van der Waals surface area contributed by atoms with Gasteiger partial charge >= 0.3 is 0 Å². The Bertz CT molecular complexity index is 773. The van der Waals surface area contributed by atoms with Crippen LogP contribution in [0.1, 0.15) is 10.4 Å². The molecule has 0 unspecified atom stereocenters. The van der Waals surface area contributed by atoms with Crippen LogP contribution in [0.25, 0.3) is 0 Å². The fraction of sp³-hybridized carbons (Fsp3) is 0.316. The van der Waals surface area contributed by atoms with Crippen molar-refractivity contribution >= 4 is 16.4 Å². The number of hydrogen-bond donors (Lipinski definition) is 0. The predicted molar refractivity (Wildman–Crippen MR) is 98.5 cm³/mol. The number of carbonyl (C=O) groups excluding carboxylic acids is 1. The molecule has 0 aliphatic carbocycles. The van der Waals surface area contributed by atoms with Gasteiger partial charge < -0.3 is 14.2 Å². The van der Waals surface area contributed by atoms with Gasteiger partial charge in [0.05, 0.1) is 37.9 Å². The molecule has 0 radical (unpaired) electrons. The Kier molecular flexibility index (Phi) is 8.93. The van der Waals surface area contributed by atoms with Crippen LogP contribution in [0.4, 0.5) is 0 Å². The summed E-state index contributed by atoms with van der Waals surface area (Å²) >= 11 is 0. The molecule has 0 fully saturated rings. The summed E-state index contributed by atoms with van der Waals surface area (Å²) in [7, 11) is -3.74. The molecule has 8 heteroatoms. The molecule has 0 aliphatic rings. The molecule has 0 saturated heterocycles. The number of carbonyl (C=O) groups is 1. The van der Waals surface area contributed by atoms with Gasteiger partial charge in [0.15, 0.2) is 0 Å². The predicted octanol–water partition coefficient (Wildman–Crippen LogP) is 2.32. The molecule has 0 aliphatic heterocycles. The summed E-state index contributed by atoms with van der Waals surface area (Å²) in [5, 5.41) is 0. The van der Waals surface area contributed by atoms with Gasteiger partial charge in [0.1, 0.15) is 18.6 Å². The van der Waals surface area contributed by atoms with Crippen LogP contribution < -0.4 is 4.74 Å². The molecule has 0 heterocycles. The van der Waals surface area contributed by atoms with Gasteiger partial charge in [-0.25, -0.2) is 0 Å². The molecule has 7 nitrogen and oxygen atoms in total. The molecule has 27 heavy (non-hydrogen) atoms. The minimum atomic E-state index is -3.74. The van der Waals surface area contributed by atoms with Crippen molar-refractivity contribution in [1.82, 2.24) is 0 Å². The highest BCUT2D eigenvalue weighted by Crippen LogP contribution is 2.11. The average Bonchev–Trinajstić information content (AvgIpc) is 2.70. The van der Waals surface area contributed by atoms with Crippen molar-refractivity contribution in [3.05, 3.63) is 60.2 Å². The molecule has 0 amide bonds. The van der Waals surface area contributed by atoms with Crippen molar-refractivity contribution in [3.63, 3.8) is 0 Å². The Hall–Kier alpha value is -2.26. The van der Waals surface area contributed by atoms with Crippen molar-refractivity contribution < 1.29 is 31.6 Å². The van der Waals surface area contributed by atoms with E-state index < -0.39 is 10.1 Å². The SMILES string of the molecule is O=Cc1ccc(OCCOCCOCCOS(=O)(=O)c2ccccc2)cc1. The van der Waals surface area contributed by atoms with E-state index in [2.05, 4.69) is 0 Å². The number of aldehydes is 1. The van der Waals surface area contributed by atoms with Crippen molar-refractivity contribution in [1.29, 1.82) is 0 Å². The maximum absolute atomic E-state index is 11.9. The summed E-state index contributed by atoms with van der Waals surface area (Å²) in [5.74, 6) is 0.664. The number of benzene rings is 2. The largest absolute Gasteiger partial charge is 0.491 e. The molecule has 2 aromatic carbocycles. The van der Waals surface area contributed by atoms with Crippen LogP contribution in [0.2, 0.25) is 0 Å². The van der Waals surface area contributed by atoms with E-state index in [-0.39, 0.29) is 18.1 Å². The van der Waals surface area contributed by atoms with Crippen LogP contribution in [-0.2, 0) is 23.8 Å². The van der Waals surface area contributed by atoms with Crippen LogP contribution in [0.3, 0.4) is 0 Å². The average molecular weight is 394 g/mol. The third-order valence-electron chi connectivity index (χ3n) is 3.38. The van der Waals surface area contributed by atoms with Gasteiger partial charge in [-0.05, 0) is 36.4 Å². The van der Waals surface area contributed by atoms with Gasteiger partial charge in [-0.2, -0.15) is 8.42 Å². The summed E-state index contributed by atoms with van der Waals surface area (Å²) < 4.78 is 44.7. The first-order valence-electron chi connectivity index (χ1n) is 8.40. The normalized spacial score (nSPS) is 11.3. The van der Waals surface area contributed by atoms with E-state index in [0.717, 1.165) is 6.29 Å². The van der Waals surface area contributed by atoms with E-state index in [4.69, 9.17) is 18.4 Å². The van der Waals surface area contributed by atoms with E-state index in [0.29, 0.717) is 37.7 Å². The standard InChI is InChI=1S/C19H22O7S/c20-16-17-6-8-18(9-7-17)25-14-12-23-10-11-24-13-15-26-27(21,22)19-4-2-1-3-5-19/h1-9,16H,10-15H2. The second-order valence-corrected chi connectivity index (χ2v) is 6.96. The fourth-order valence-corrected chi connectivity index (χ4v) is 2.95. The summed E-state index contributed by atoms with van der Waals surface area (Å²) in [5.41, 5.74) is 0.594. The van der Waals surface area contributed by atoms with Crippen LogP contribution >= 0.6 is 0 Å². The van der Waals surface area contributed by atoms with Crippen LogP contribution in [0.15, 0.2) is 59.5 Å². The Labute approximate surface area is 158 Å². The molecular weight excluding hydrogens is 372 g/mol. The summed E-state index contributed by atoms with van der Waals surface area (Å²) in [4.78, 5) is 10.7. The molecule has 0 aromatic heterocycles. The first-order valence-corrected chi connectivity index (χ1v) is 9.80. The lowest BCUT2D eigenvalue weighted by molar-refractivity contribution is 0.0279. The van der Waals surface area contributed by atoms with Gasteiger partial charge in [-0.15, -0.1) is 0 Å². The Balaban J connectivity index is 1.47. The van der Waals surface area contributed by atoms with E-state index in [1.807, 2.05) is 0 Å². The third kappa shape index (κ3) is 7.88. The summed E-state index contributed by atoms with van der Waals surface area (Å²) in [6.07, 6.45) is 0.773. The second-order valence-electron chi connectivity index (χ2n) is 5.35. The van der Waals surface area contributed by atoms with Gasteiger partial charge in [0.2, 0.25) is 0 Å². The highest BCUT2D eigenvalue weighted by atomic mass is 32.2. The second kappa shape index (κ2) is 11.5. The molecule has 0 saturated carbocycles. The van der Waals surface area contributed by atoms with E-state index >= 15 is 0 Å². The minimum Gasteiger partial charge on any atom is -0.491 e. The zero-order valence-electron chi connectivity index (χ0n) is 14.8. The zero-order valence-corrected chi connectivity index (χ0v) is 15.6. The van der Waals surface area contributed by atoms with E-state index in [1.54, 1.807) is 42.5 Å². The number of rotatable bonds is 13. The summed E-state index contributed by atoms with van der Waals surface area (Å²) in [6, 6.07) is 14.7. The molecule has 0 N–H and O–H groups in total. The summed E-state index contributed by atoms with van der Waals surface area (Å²) in [6.45, 7) is 1.53. The highest BCUT2D eigenvalue weighted by molar-refractivity contribution is 7.86. The fourth-order valence-electron chi connectivity index (χ4n) is 2.04. The van der Waals surface area contributed by atoms with Crippen molar-refractivity contribution in [3.8, 4) is 5.75 Å². The number of ether oxygens (including phenoxy) is 3. The molecule has 2 rings (SSSR count). The molecule has 2 aromatic rings. The molecule has 146 valence electrons. The molecular formula is C19H22O7S. The first kappa shape index (κ1) is 21.0. The highest BCUT2D eigenvalue weighted by Gasteiger charge is 2.13. The van der Waals surface area contributed by atoms with Crippen LogP contribution in [0, 0.1) is 0 Å². The quantitative estimate of drug-likeness (QED) is 0.293. The van der Waals surface area contributed by atoms with Gasteiger partial charge in [0.25, 0.3) is 10.1 Å². The maximum atomic E-state index is 11.9. The van der Waals surface area contributed by atoms with Crippen molar-refractivity contribution in [2.24, 2.45) is 0 Å². The lowest BCUT2D eigenvalue weighted by Gasteiger charge is -2.08. The van der Waals surface area contributed by atoms with Gasteiger partial charge in [-0.1, -0.05) is 18.2 Å². The molecule has 0 bridgehead atoms. The lowest BCUT2D eigenvalue weighted by atomic mass is 10.2. The lowest BCUT2D eigenvalue weighted by Crippen LogP contribution is -2.14. The van der Waals surface area contributed by atoms with Crippen LogP contribution in [-0.4, -0.2) is 54.3 Å². The van der Waals surface area contributed by atoms with Gasteiger partial charge in [0, 0.05) is 5.56 Å². The monoisotopic (exact) mass is 394 g/mol. The number of hydrogen-bond acceptors (Lipinski definition) is 7. The van der Waals surface area contributed by atoms with Crippen molar-refractivity contribution in [2.45, 2.75) is 4.90 Å². The minimum absolute atomic E-state index is 0.0584.